The van der Waals surface area contributed by atoms with Crippen LogP contribution >= 0.6 is 0 Å². The molecule has 0 aromatic carbocycles. The van der Waals surface area contributed by atoms with Gasteiger partial charge in [-0.3, -0.25) is 4.79 Å². The Labute approximate surface area is 78.3 Å². The van der Waals surface area contributed by atoms with Gasteiger partial charge in [0.05, 0.1) is 12.2 Å². The summed E-state index contributed by atoms with van der Waals surface area (Å²) in [7, 11) is 0. The number of carbonyl (C=O) groups excluding carboxylic acids is 1. The second-order valence-corrected chi connectivity index (χ2v) is 3.35. The molecule has 0 radical (unpaired) electrons. The highest BCUT2D eigenvalue weighted by Gasteiger charge is 2.44. The summed E-state index contributed by atoms with van der Waals surface area (Å²) in [4.78, 5) is 11.4. The van der Waals surface area contributed by atoms with Gasteiger partial charge < -0.3 is 15.2 Å². The van der Waals surface area contributed by atoms with Gasteiger partial charge >= 0.3 is 5.97 Å². The molecule has 0 aliphatic carbocycles. The van der Waals surface area contributed by atoms with Gasteiger partial charge in [-0.1, -0.05) is 6.92 Å². The zero-order chi connectivity index (χ0) is 9.90. The molecule has 1 fully saturated rings. The monoisotopic (exact) mass is 187 g/mol. The average Bonchev–Trinajstić information content (AvgIpc) is 2.49. The van der Waals surface area contributed by atoms with Crippen LogP contribution in [0.3, 0.4) is 0 Å². The van der Waals surface area contributed by atoms with E-state index in [9.17, 15) is 9.90 Å². The molecule has 76 valence electrons. The molecule has 4 nitrogen and oxygen atoms in total. The van der Waals surface area contributed by atoms with E-state index in [1.807, 2.05) is 6.92 Å². The van der Waals surface area contributed by atoms with Gasteiger partial charge in [-0.05, 0) is 26.3 Å². The van der Waals surface area contributed by atoms with Crippen LogP contribution in [0.2, 0.25) is 0 Å². The quantitative estimate of drug-likeness (QED) is 0.613. The number of rotatable bonds is 3. The minimum absolute atomic E-state index is 0.343. The van der Waals surface area contributed by atoms with Gasteiger partial charge in [-0.25, -0.2) is 0 Å². The molecule has 2 N–H and O–H groups in total. The molecule has 0 spiro atoms. The Morgan fingerprint density at radius 2 is 2.38 bits per heavy atom. The minimum atomic E-state index is -0.910. The first-order valence-corrected chi connectivity index (χ1v) is 4.76. The fraction of sp³-hybridized carbons (Fsp3) is 0.889. The largest absolute Gasteiger partial charge is 0.465 e. The number of carbonyl (C=O) groups is 1. The van der Waals surface area contributed by atoms with Gasteiger partial charge in [0.15, 0.2) is 0 Å². The molecule has 1 aliphatic heterocycles. The van der Waals surface area contributed by atoms with E-state index < -0.39 is 11.6 Å². The normalized spacial score (nSPS) is 33.3. The predicted molar refractivity (Wildman–Crippen MR) is 48.3 cm³/mol. The van der Waals surface area contributed by atoms with Crippen molar-refractivity contribution in [2.75, 3.05) is 13.2 Å². The van der Waals surface area contributed by atoms with Gasteiger partial charge in [0.25, 0.3) is 0 Å². The maximum Gasteiger partial charge on any atom is 0.326 e. The molecule has 2 atom stereocenters. The van der Waals surface area contributed by atoms with E-state index in [0.717, 1.165) is 0 Å². The number of hydrogen-bond donors (Lipinski definition) is 2. The molecule has 2 unspecified atom stereocenters. The summed E-state index contributed by atoms with van der Waals surface area (Å²) in [6.45, 7) is 4.67. The van der Waals surface area contributed by atoms with E-state index in [4.69, 9.17) is 4.74 Å². The summed E-state index contributed by atoms with van der Waals surface area (Å²) >= 11 is 0. The lowest BCUT2D eigenvalue weighted by atomic mass is 9.92. The lowest BCUT2D eigenvalue weighted by Gasteiger charge is -2.26. The first-order chi connectivity index (χ1) is 6.14. The number of aliphatic hydroxyl groups is 1. The standard InChI is InChI=1S/C9H17NO3/c1-3-9(12)5-6-10-7(9)8(11)13-4-2/h7,10,12H,3-6H2,1-2H3. The van der Waals surface area contributed by atoms with Crippen LogP contribution in [0, 0.1) is 0 Å². The Morgan fingerprint density at radius 3 is 2.92 bits per heavy atom. The van der Waals surface area contributed by atoms with Crippen LogP contribution in [0.5, 0.6) is 0 Å². The fourth-order valence-corrected chi connectivity index (χ4v) is 1.68. The van der Waals surface area contributed by atoms with Crippen LogP contribution in [-0.2, 0) is 9.53 Å². The van der Waals surface area contributed by atoms with E-state index in [1.54, 1.807) is 6.92 Å². The fourth-order valence-electron chi connectivity index (χ4n) is 1.68. The summed E-state index contributed by atoms with van der Waals surface area (Å²) in [6.07, 6.45) is 1.19. The van der Waals surface area contributed by atoms with Crippen LogP contribution in [0.25, 0.3) is 0 Å². The Morgan fingerprint density at radius 1 is 1.69 bits per heavy atom. The minimum Gasteiger partial charge on any atom is -0.465 e. The van der Waals surface area contributed by atoms with Gasteiger partial charge in [0, 0.05) is 0 Å². The first-order valence-electron chi connectivity index (χ1n) is 4.76. The second-order valence-electron chi connectivity index (χ2n) is 3.35. The molecule has 1 rings (SSSR count). The van der Waals surface area contributed by atoms with Crippen molar-refractivity contribution in [3.05, 3.63) is 0 Å². The Balaban J connectivity index is 2.62. The third kappa shape index (κ3) is 2.00. The molecule has 0 amide bonds. The lowest BCUT2D eigenvalue weighted by molar-refractivity contribution is -0.151. The zero-order valence-electron chi connectivity index (χ0n) is 8.17. The van der Waals surface area contributed by atoms with Crippen LogP contribution in [0.15, 0.2) is 0 Å². The molecule has 4 heteroatoms. The van der Waals surface area contributed by atoms with Crippen molar-refractivity contribution in [3.8, 4) is 0 Å². The van der Waals surface area contributed by atoms with E-state index >= 15 is 0 Å². The molecule has 1 heterocycles. The Kier molecular flexibility index (Phi) is 3.27. The van der Waals surface area contributed by atoms with Gasteiger partial charge in [0.1, 0.15) is 6.04 Å². The highest BCUT2D eigenvalue weighted by molar-refractivity contribution is 5.77. The number of nitrogens with one attached hydrogen (secondary N) is 1. The van der Waals surface area contributed by atoms with Crippen molar-refractivity contribution < 1.29 is 14.6 Å². The van der Waals surface area contributed by atoms with Gasteiger partial charge in [0.2, 0.25) is 0 Å². The molecule has 0 aromatic rings. The van der Waals surface area contributed by atoms with Crippen LogP contribution < -0.4 is 5.32 Å². The molecule has 1 saturated heterocycles. The van der Waals surface area contributed by atoms with Gasteiger partial charge in [-0.2, -0.15) is 0 Å². The summed E-state index contributed by atoms with van der Waals surface area (Å²) in [5.74, 6) is -0.343. The lowest BCUT2D eigenvalue weighted by Crippen LogP contribution is -2.48. The highest BCUT2D eigenvalue weighted by Crippen LogP contribution is 2.25. The zero-order valence-corrected chi connectivity index (χ0v) is 8.17. The highest BCUT2D eigenvalue weighted by atomic mass is 16.5. The number of ether oxygens (including phenoxy) is 1. The molecular weight excluding hydrogens is 170 g/mol. The van der Waals surface area contributed by atoms with Gasteiger partial charge in [-0.15, -0.1) is 0 Å². The van der Waals surface area contributed by atoms with E-state index in [2.05, 4.69) is 5.32 Å². The average molecular weight is 187 g/mol. The van der Waals surface area contributed by atoms with Crippen molar-refractivity contribution in [1.82, 2.24) is 5.32 Å². The molecular formula is C9H17NO3. The van der Waals surface area contributed by atoms with Crippen LogP contribution in [0.1, 0.15) is 26.7 Å². The van der Waals surface area contributed by atoms with Crippen molar-refractivity contribution in [2.24, 2.45) is 0 Å². The SMILES string of the molecule is CCOC(=O)C1NCCC1(O)CC. The Hall–Kier alpha value is -0.610. The topological polar surface area (TPSA) is 58.6 Å². The molecule has 13 heavy (non-hydrogen) atoms. The van der Waals surface area contributed by atoms with Crippen molar-refractivity contribution in [2.45, 2.75) is 38.3 Å². The summed E-state index contributed by atoms with van der Waals surface area (Å²) in [5.41, 5.74) is -0.910. The first kappa shape index (κ1) is 10.5. The molecule has 0 aromatic heterocycles. The third-order valence-electron chi connectivity index (χ3n) is 2.58. The summed E-state index contributed by atoms with van der Waals surface area (Å²) in [5, 5.41) is 13.0. The van der Waals surface area contributed by atoms with Crippen LogP contribution in [-0.4, -0.2) is 35.9 Å². The van der Waals surface area contributed by atoms with Crippen molar-refractivity contribution in [3.63, 3.8) is 0 Å². The molecule has 0 bridgehead atoms. The van der Waals surface area contributed by atoms with Crippen molar-refractivity contribution in [1.29, 1.82) is 0 Å². The van der Waals surface area contributed by atoms with E-state index in [0.29, 0.717) is 26.0 Å². The second kappa shape index (κ2) is 4.07. The van der Waals surface area contributed by atoms with E-state index in [-0.39, 0.29) is 5.97 Å². The summed E-state index contributed by atoms with van der Waals surface area (Å²) in [6, 6.07) is -0.544. The smallest absolute Gasteiger partial charge is 0.326 e. The Bertz CT molecular complexity index is 195. The third-order valence-corrected chi connectivity index (χ3v) is 2.58. The maximum atomic E-state index is 11.4. The molecule has 1 aliphatic rings. The summed E-state index contributed by atoms with van der Waals surface area (Å²) < 4.78 is 4.86. The van der Waals surface area contributed by atoms with Crippen LogP contribution in [0.4, 0.5) is 0 Å². The number of hydrogen-bond acceptors (Lipinski definition) is 4. The molecule has 0 saturated carbocycles. The predicted octanol–water partition coefficient (Wildman–Crippen LogP) is 0.0525. The maximum absolute atomic E-state index is 11.4. The van der Waals surface area contributed by atoms with E-state index in [1.165, 1.54) is 0 Å². The number of esters is 1. The van der Waals surface area contributed by atoms with Crippen molar-refractivity contribution >= 4 is 5.97 Å².